The van der Waals surface area contributed by atoms with Gasteiger partial charge in [0.2, 0.25) is 5.95 Å². The van der Waals surface area contributed by atoms with E-state index in [1.54, 1.807) is 12.1 Å². The van der Waals surface area contributed by atoms with Crippen molar-refractivity contribution in [2.75, 3.05) is 12.8 Å². The monoisotopic (exact) mass is 487 g/mol. The number of fused-ring (bicyclic) bond motifs is 3. The van der Waals surface area contributed by atoms with Crippen molar-refractivity contribution in [2.24, 2.45) is 0 Å². The Labute approximate surface area is 198 Å². The highest BCUT2D eigenvalue weighted by molar-refractivity contribution is 5.95. The number of rotatable bonds is 6. The second-order valence-corrected chi connectivity index (χ2v) is 8.24. The number of ether oxygens (including phenoxy) is 1. The fourth-order valence-corrected chi connectivity index (χ4v) is 3.63. The number of hydrogen-bond donors (Lipinski definition) is 2. The maximum absolute atomic E-state index is 12.9. The molecule has 0 radical (unpaired) electrons. The number of anilines is 1. The normalized spacial score (nSPS) is 11.9. The lowest BCUT2D eigenvalue weighted by atomic mass is 10.1. The molecule has 4 rings (SSSR count). The SMILES string of the molecule is COc1cccc2c1nc(N)n1nc(CN(Cc3ccc(C(F)(F)F)cc3)C(=O)NC(C)C)nc21. The van der Waals surface area contributed by atoms with Gasteiger partial charge in [0.1, 0.15) is 11.3 Å². The van der Waals surface area contributed by atoms with E-state index < -0.39 is 17.8 Å². The minimum Gasteiger partial charge on any atom is -0.494 e. The first-order valence-corrected chi connectivity index (χ1v) is 10.8. The van der Waals surface area contributed by atoms with Gasteiger partial charge >= 0.3 is 12.2 Å². The number of methoxy groups -OCH3 is 1. The zero-order valence-corrected chi connectivity index (χ0v) is 19.3. The van der Waals surface area contributed by atoms with Gasteiger partial charge in [0.15, 0.2) is 11.5 Å². The summed E-state index contributed by atoms with van der Waals surface area (Å²) in [7, 11) is 1.53. The number of amides is 2. The van der Waals surface area contributed by atoms with Gasteiger partial charge in [-0.2, -0.15) is 17.7 Å². The highest BCUT2D eigenvalue weighted by atomic mass is 19.4. The Balaban J connectivity index is 1.68. The number of hydrogen-bond acceptors (Lipinski definition) is 6. The van der Waals surface area contributed by atoms with Gasteiger partial charge in [-0.1, -0.05) is 18.2 Å². The molecule has 4 aromatic rings. The molecule has 0 saturated carbocycles. The molecule has 0 bridgehead atoms. The molecule has 2 heterocycles. The van der Waals surface area contributed by atoms with Crippen LogP contribution in [0.4, 0.5) is 23.9 Å². The van der Waals surface area contributed by atoms with Crippen molar-refractivity contribution in [2.45, 2.75) is 39.2 Å². The van der Waals surface area contributed by atoms with Crippen molar-refractivity contribution in [1.29, 1.82) is 0 Å². The van der Waals surface area contributed by atoms with Crippen LogP contribution in [0.5, 0.6) is 5.75 Å². The van der Waals surface area contributed by atoms with Gasteiger partial charge in [-0.3, -0.25) is 0 Å². The molecule has 2 amide bonds. The van der Waals surface area contributed by atoms with Crippen molar-refractivity contribution < 1.29 is 22.7 Å². The van der Waals surface area contributed by atoms with Crippen LogP contribution in [0, 0.1) is 0 Å². The number of carbonyl (C=O) groups is 1. The third-order valence-corrected chi connectivity index (χ3v) is 5.24. The zero-order chi connectivity index (χ0) is 25.3. The summed E-state index contributed by atoms with van der Waals surface area (Å²) < 4.78 is 45.5. The van der Waals surface area contributed by atoms with E-state index in [2.05, 4.69) is 20.4 Å². The molecule has 0 saturated heterocycles. The van der Waals surface area contributed by atoms with Gasteiger partial charge in [0.05, 0.1) is 19.2 Å². The van der Waals surface area contributed by atoms with E-state index in [1.807, 2.05) is 19.9 Å². The number of aromatic nitrogens is 4. The number of para-hydroxylation sites is 1. The van der Waals surface area contributed by atoms with Crippen LogP contribution in [0.1, 0.15) is 30.8 Å². The Bertz CT molecular complexity index is 1370. The highest BCUT2D eigenvalue weighted by Gasteiger charge is 2.30. The number of alkyl halides is 3. The van der Waals surface area contributed by atoms with Gasteiger partial charge in [0.25, 0.3) is 0 Å². The number of nitrogens with zero attached hydrogens (tertiary/aromatic N) is 5. The van der Waals surface area contributed by atoms with E-state index in [0.29, 0.717) is 33.7 Å². The van der Waals surface area contributed by atoms with Crippen molar-refractivity contribution in [3.8, 4) is 5.75 Å². The van der Waals surface area contributed by atoms with E-state index in [4.69, 9.17) is 10.5 Å². The van der Waals surface area contributed by atoms with E-state index in [1.165, 1.54) is 28.7 Å². The summed E-state index contributed by atoms with van der Waals surface area (Å²) in [6, 6.07) is 9.47. The molecule has 184 valence electrons. The molecule has 0 aliphatic heterocycles. The average molecular weight is 487 g/mol. The Morgan fingerprint density at radius 3 is 2.49 bits per heavy atom. The van der Waals surface area contributed by atoms with Crippen molar-refractivity contribution in [3.05, 3.63) is 59.4 Å². The summed E-state index contributed by atoms with van der Waals surface area (Å²) in [5.74, 6) is 0.915. The average Bonchev–Trinajstić information content (AvgIpc) is 3.22. The van der Waals surface area contributed by atoms with Crippen molar-refractivity contribution in [1.82, 2.24) is 29.8 Å². The number of nitrogen functional groups attached to an aromatic ring is 1. The van der Waals surface area contributed by atoms with E-state index in [-0.39, 0.29) is 25.1 Å². The van der Waals surface area contributed by atoms with Crippen LogP contribution in [0.25, 0.3) is 16.6 Å². The maximum atomic E-state index is 12.9. The summed E-state index contributed by atoms with van der Waals surface area (Å²) >= 11 is 0. The predicted octanol–water partition coefficient (Wildman–Crippen LogP) is 4.01. The topological polar surface area (TPSA) is 111 Å². The lowest BCUT2D eigenvalue weighted by Gasteiger charge is -2.23. The number of nitrogens with one attached hydrogen (secondary N) is 1. The van der Waals surface area contributed by atoms with E-state index in [9.17, 15) is 18.0 Å². The first kappa shape index (κ1) is 24.0. The molecule has 2 aromatic carbocycles. The maximum Gasteiger partial charge on any atom is 0.416 e. The lowest BCUT2D eigenvalue weighted by molar-refractivity contribution is -0.137. The zero-order valence-electron chi connectivity index (χ0n) is 19.3. The van der Waals surface area contributed by atoms with Gasteiger partial charge < -0.3 is 20.7 Å². The number of benzene rings is 2. The largest absolute Gasteiger partial charge is 0.494 e. The third-order valence-electron chi connectivity index (χ3n) is 5.24. The molecule has 2 aromatic heterocycles. The number of halogens is 3. The second-order valence-electron chi connectivity index (χ2n) is 8.24. The first-order chi connectivity index (χ1) is 16.6. The predicted molar refractivity (Wildman–Crippen MR) is 124 cm³/mol. The van der Waals surface area contributed by atoms with Crippen LogP contribution in [0.2, 0.25) is 0 Å². The summed E-state index contributed by atoms with van der Waals surface area (Å²) in [5.41, 5.74) is 6.84. The van der Waals surface area contributed by atoms with Crippen LogP contribution in [0.15, 0.2) is 42.5 Å². The smallest absolute Gasteiger partial charge is 0.416 e. The molecular formula is C23H24F3N7O2. The van der Waals surface area contributed by atoms with Crippen LogP contribution in [-0.2, 0) is 19.3 Å². The van der Waals surface area contributed by atoms with Gasteiger partial charge in [0, 0.05) is 18.0 Å². The Hall–Kier alpha value is -4.09. The van der Waals surface area contributed by atoms with E-state index >= 15 is 0 Å². The number of nitrogens with two attached hydrogens (primary N) is 1. The van der Waals surface area contributed by atoms with Crippen LogP contribution >= 0.6 is 0 Å². The molecular weight excluding hydrogens is 463 g/mol. The summed E-state index contributed by atoms with van der Waals surface area (Å²) in [6.07, 6.45) is -4.44. The number of carbonyl (C=O) groups excluding carboxylic acids is 1. The fourth-order valence-electron chi connectivity index (χ4n) is 3.63. The molecule has 3 N–H and O–H groups in total. The molecule has 0 atom stereocenters. The molecule has 0 aliphatic rings. The summed E-state index contributed by atoms with van der Waals surface area (Å²) in [5, 5.41) is 7.88. The molecule has 0 aliphatic carbocycles. The molecule has 9 nitrogen and oxygen atoms in total. The van der Waals surface area contributed by atoms with Crippen LogP contribution in [0.3, 0.4) is 0 Å². The van der Waals surface area contributed by atoms with Gasteiger partial charge in [-0.25, -0.2) is 14.8 Å². The lowest BCUT2D eigenvalue weighted by Crippen LogP contribution is -2.42. The van der Waals surface area contributed by atoms with Crippen LogP contribution < -0.4 is 15.8 Å². The Morgan fingerprint density at radius 1 is 1.14 bits per heavy atom. The van der Waals surface area contributed by atoms with E-state index in [0.717, 1.165) is 12.1 Å². The summed E-state index contributed by atoms with van der Waals surface area (Å²) in [6.45, 7) is 3.66. The molecule has 0 fully saturated rings. The van der Waals surface area contributed by atoms with Crippen molar-refractivity contribution >= 4 is 28.5 Å². The highest BCUT2D eigenvalue weighted by Crippen LogP contribution is 2.30. The first-order valence-electron chi connectivity index (χ1n) is 10.8. The molecule has 0 spiro atoms. The molecule has 35 heavy (non-hydrogen) atoms. The molecule has 0 unspecified atom stereocenters. The Kier molecular flexibility index (Phi) is 6.37. The quantitative estimate of drug-likeness (QED) is 0.425. The Morgan fingerprint density at radius 2 is 1.86 bits per heavy atom. The molecule has 12 heteroatoms. The van der Waals surface area contributed by atoms with Gasteiger partial charge in [-0.05, 0) is 43.7 Å². The second kappa shape index (κ2) is 9.28. The van der Waals surface area contributed by atoms with Crippen molar-refractivity contribution in [3.63, 3.8) is 0 Å². The minimum atomic E-state index is -4.44. The number of urea groups is 1. The standard InChI is InChI=1S/C23H24F3N7O2/c1-13(2)28-22(34)32(11-14-7-9-15(10-8-14)23(24,25)26)12-18-29-20-16-5-4-6-17(35-3)19(16)30-21(27)33(20)31-18/h4-10,13H,11-12H2,1-3H3,(H2,27,30)(H,28,34). The summed E-state index contributed by atoms with van der Waals surface area (Å²) in [4.78, 5) is 23.2. The van der Waals surface area contributed by atoms with Gasteiger partial charge in [-0.15, -0.1) is 5.10 Å². The van der Waals surface area contributed by atoms with Crippen LogP contribution in [-0.4, -0.2) is 43.7 Å². The fraction of sp³-hybridized carbons (Fsp3) is 0.304. The minimum absolute atomic E-state index is 0.00778. The third kappa shape index (κ3) is 5.05.